The molecule has 2 atom stereocenters. The summed E-state index contributed by atoms with van der Waals surface area (Å²) in [4.78, 5) is 0. The highest BCUT2D eigenvalue weighted by atomic mass is 16.5. The second-order valence-corrected chi connectivity index (χ2v) is 4.39. The first-order valence-electron chi connectivity index (χ1n) is 5.97. The first kappa shape index (κ1) is 11.4. The molecule has 0 bridgehead atoms. The third-order valence-corrected chi connectivity index (χ3v) is 3.14. The van der Waals surface area contributed by atoms with Crippen LogP contribution in [-0.4, -0.2) is 19.3 Å². The predicted octanol–water partition coefficient (Wildman–Crippen LogP) is 2.10. The predicted molar refractivity (Wildman–Crippen MR) is 66.2 cm³/mol. The molecule has 0 aromatic heterocycles. The van der Waals surface area contributed by atoms with E-state index in [4.69, 9.17) is 10.5 Å². The molecule has 3 N–H and O–H groups in total. The van der Waals surface area contributed by atoms with Gasteiger partial charge in [0, 0.05) is 24.9 Å². The van der Waals surface area contributed by atoms with E-state index in [1.807, 2.05) is 18.2 Å². The molecule has 0 saturated carbocycles. The maximum atomic E-state index is 5.93. The summed E-state index contributed by atoms with van der Waals surface area (Å²) in [6, 6.07) is 8.29. The van der Waals surface area contributed by atoms with Crippen LogP contribution in [0.2, 0.25) is 0 Å². The van der Waals surface area contributed by atoms with E-state index in [-0.39, 0.29) is 6.04 Å². The highest BCUT2D eigenvalue weighted by Crippen LogP contribution is 2.20. The maximum Gasteiger partial charge on any atom is 0.0700 e. The van der Waals surface area contributed by atoms with Crippen LogP contribution in [0.4, 0.5) is 5.69 Å². The smallest absolute Gasteiger partial charge is 0.0700 e. The zero-order chi connectivity index (χ0) is 11.4. The van der Waals surface area contributed by atoms with Crippen molar-refractivity contribution in [3.63, 3.8) is 0 Å². The number of nitrogens with two attached hydrogens (primary N) is 1. The molecule has 88 valence electrons. The molecule has 0 unspecified atom stereocenters. The molecule has 1 aromatic carbocycles. The van der Waals surface area contributed by atoms with Crippen molar-refractivity contribution < 1.29 is 4.74 Å². The fraction of sp³-hybridized carbons (Fsp3) is 0.538. The van der Waals surface area contributed by atoms with Crippen molar-refractivity contribution in [2.75, 3.05) is 18.9 Å². The SMILES string of the molecule is C[C@H](NC[C@H]1CCCO1)c1ccccc1N. The molecule has 3 heteroatoms. The first-order chi connectivity index (χ1) is 7.77. The fourth-order valence-corrected chi connectivity index (χ4v) is 2.13. The van der Waals surface area contributed by atoms with E-state index in [1.54, 1.807) is 0 Å². The Bertz CT molecular complexity index is 334. The first-order valence-corrected chi connectivity index (χ1v) is 5.97. The minimum atomic E-state index is 0.283. The second-order valence-electron chi connectivity index (χ2n) is 4.39. The summed E-state index contributed by atoms with van der Waals surface area (Å²) in [6.07, 6.45) is 2.74. The van der Waals surface area contributed by atoms with E-state index in [2.05, 4.69) is 18.3 Å². The summed E-state index contributed by atoms with van der Waals surface area (Å²) in [5, 5.41) is 3.48. The van der Waals surface area contributed by atoms with Crippen molar-refractivity contribution in [1.29, 1.82) is 0 Å². The number of anilines is 1. The summed E-state index contributed by atoms with van der Waals surface area (Å²) >= 11 is 0. The van der Waals surface area contributed by atoms with Gasteiger partial charge in [0.2, 0.25) is 0 Å². The van der Waals surface area contributed by atoms with Gasteiger partial charge in [-0.2, -0.15) is 0 Å². The van der Waals surface area contributed by atoms with E-state index in [0.29, 0.717) is 6.10 Å². The van der Waals surface area contributed by atoms with Crippen LogP contribution in [0.5, 0.6) is 0 Å². The molecule has 1 saturated heterocycles. The molecule has 0 amide bonds. The minimum Gasteiger partial charge on any atom is -0.398 e. The molecule has 1 aliphatic rings. The van der Waals surface area contributed by atoms with E-state index in [0.717, 1.165) is 18.8 Å². The summed E-state index contributed by atoms with van der Waals surface area (Å²) in [5.74, 6) is 0. The molecular weight excluding hydrogens is 200 g/mol. The van der Waals surface area contributed by atoms with Crippen LogP contribution < -0.4 is 11.1 Å². The van der Waals surface area contributed by atoms with Gasteiger partial charge in [-0.25, -0.2) is 0 Å². The Morgan fingerprint density at radius 2 is 2.31 bits per heavy atom. The average molecular weight is 220 g/mol. The average Bonchev–Trinajstić information content (AvgIpc) is 2.79. The zero-order valence-electron chi connectivity index (χ0n) is 9.78. The van der Waals surface area contributed by atoms with Gasteiger partial charge in [0.05, 0.1) is 6.10 Å². The minimum absolute atomic E-state index is 0.283. The lowest BCUT2D eigenvalue weighted by Crippen LogP contribution is -2.29. The molecule has 0 spiro atoms. The normalized spacial score (nSPS) is 22.2. The van der Waals surface area contributed by atoms with Crippen molar-refractivity contribution in [2.45, 2.75) is 31.9 Å². The van der Waals surface area contributed by atoms with E-state index in [1.165, 1.54) is 18.4 Å². The van der Waals surface area contributed by atoms with E-state index < -0.39 is 0 Å². The van der Waals surface area contributed by atoms with Gasteiger partial charge in [0.15, 0.2) is 0 Å². The Morgan fingerprint density at radius 3 is 3.00 bits per heavy atom. The molecule has 1 aliphatic heterocycles. The van der Waals surface area contributed by atoms with Crippen LogP contribution in [0.1, 0.15) is 31.4 Å². The van der Waals surface area contributed by atoms with Crippen LogP contribution in [-0.2, 0) is 4.74 Å². The van der Waals surface area contributed by atoms with E-state index in [9.17, 15) is 0 Å². The monoisotopic (exact) mass is 220 g/mol. The van der Waals surface area contributed by atoms with Gasteiger partial charge in [0.25, 0.3) is 0 Å². The Hall–Kier alpha value is -1.06. The third-order valence-electron chi connectivity index (χ3n) is 3.14. The molecule has 0 radical (unpaired) electrons. The molecular formula is C13H20N2O. The summed E-state index contributed by atoms with van der Waals surface area (Å²) in [7, 11) is 0. The standard InChI is InChI=1S/C13H20N2O/c1-10(12-6-2-3-7-13(12)14)15-9-11-5-4-8-16-11/h2-3,6-7,10-11,15H,4-5,8-9,14H2,1H3/t10-,11+/m0/s1. The molecule has 1 heterocycles. The largest absolute Gasteiger partial charge is 0.398 e. The Morgan fingerprint density at radius 1 is 1.50 bits per heavy atom. The molecule has 3 nitrogen and oxygen atoms in total. The summed E-state index contributed by atoms with van der Waals surface area (Å²) in [6.45, 7) is 3.96. The number of hydrogen-bond donors (Lipinski definition) is 2. The number of nitrogens with one attached hydrogen (secondary N) is 1. The van der Waals surface area contributed by atoms with Crippen LogP contribution in [0.15, 0.2) is 24.3 Å². The van der Waals surface area contributed by atoms with Crippen LogP contribution in [0.25, 0.3) is 0 Å². The number of benzene rings is 1. The van der Waals surface area contributed by atoms with Gasteiger partial charge in [-0.1, -0.05) is 18.2 Å². The topological polar surface area (TPSA) is 47.3 Å². The molecule has 1 fully saturated rings. The highest BCUT2D eigenvalue weighted by Gasteiger charge is 2.16. The number of para-hydroxylation sites is 1. The Labute approximate surface area is 97.0 Å². The van der Waals surface area contributed by atoms with Crippen LogP contribution in [0.3, 0.4) is 0 Å². The van der Waals surface area contributed by atoms with Crippen molar-refractivity contribution in [3.8, 4) is 0 Å². The number of ether oxygens (including phenoxy) is 1. The third kappa shape index (κ3) is 2.74. The lowest BCUT2D eigenvalue weighted by atomic mass is 10.1. The molecule has 1 aromatic rings. The summed E-state index contributed by atoms with van der Waals surface area (Å²) in [5.41, 5.74) is 7.96. The Balaban J connectivity index is 1.87. The van der Waals surface area contributed by atoms with Gasteiger partial charge < -0.3 is 15.8 Å². The quantitative estimate of drug-likeness (QED) is 0.764. The number of hydrogen-bond acceptors (Lipinski definition) is 3. The maximum absolute atomic E-state index is 5.93. The number of nitrogen functional groups attached to an aromatic ring is 1. The highest BCUT2D eigenvalue weighted by molar-refractivity contribution is 5.47. The van der Waals surface area contributed by atoms with Gasteiger partial charge in [0.1, 0.15) is 0 Å². The zero-order valence-corrected chi connectivity index (χ0v) is 9.78. The van der Waals surface area contributed by atoms with Crippen molar-refractivity contribution in [2.24, 2.45) is 0 Å². The van der Waals surface area contributed by atoms with Gasteiger partial charge >= 0.3 is 0 Å². The summed E-state index contributed by atoms with van der Waals surface area (Å²) < 4.78 is 5.58. The van der Waals surface area contributed by atoms with Crippen molar-refractivity contribution in [1.82, 2.24) is 5.32 Å². The molecule has 0 aliphatic carbocycles. The van der Waals surface area contributed by atoms with Crippen LogP contribution >= 0.6 is 0 Å². The second kappa shape index (κ2) is 5.32. The Kier molecular flexibility index (Phi) is 3.80. The van der Waals surface area contributed by atoms with Crippen LogP contribution in [0, 0.1) is 0 Å². The van der Waals surface area contributed by atoms with Gasteiger partial charge in [-0.3, -0.25) is 0 Å². The van der Waals surface area contributed by atoms with Gasteiger partial charge in [-0.15, -0.1) is 0 Å². The molecule has 16 heavy (non-hydrogen) atoms. The van der Waals surface area contributed by atoms with Crippen molar-refractivity contribution in [3.05, 3.63) is 29.8 Å². The van der Waals surface area contributed by atoms with Crippen molar-refractivity contribution >= 4 is 5.69 Å². The molecule has 2 rings (SSSR count). The fourth-order valence-electron chi connectivity index (χ4n) is 2.13. The number of rotatable bonds is 4. The van der Waals surface area contributed by atoms with Gasteiger partial charge in [-0.05, 0) is 31.4 Å². The lowest BCUT2D eigenvalue weighted by molar-refractivity contribution is 0.108. The lowest BCUT2D eigenvalue weighted by Gasteiger charge is -2.18. The van der Waals surface area contributed by atoms with E-state index >= 15 is 0 Å².